The van der Waals surface area contributed by atoms with Crippen LogP contribution in [0.15, 0.2) is 36.5 Å². The Kier molecular flexibility index (Phi) is 4.86. The molecule has 0 aliphatic carbocycles. The maximum atomic E-state index is 6.20. The van der Waals surface area contributed by atoms with Crippen LogP contribution in [-0.4, -0.2) is 10.5 Å². The maximum absolute atomic E-state index is 6.20. The summed E-state index contributed by atoms with van der Waals surface area (Å²) in [5.41, 5.74) is 2.08. The highest BCUT2D eigenvalue weighted by Gasteiger charge is 2.11. The van der Waals surface area contributed by atoms with E-state index in [2.05, 4.69) is 31.1 Å². The van der Waals surface area contributed by atoms with E-state index in [1.807, 2.05) is 37.3 Å². The van der Waals surface area contributed by atoms with Crippen LogP contribution >= 0.6 is 11.6 Å². The number of benzene rings is 1. The van der Waals surface area contributed by atoms with E-state index in [1.54, 1.807) is 6.20 Å². The first-order chi connectivity index (χ1) is 9.85. The van der Waals surface area contributed by atoms with Gasteiger partial charge < -0.3 is 10.1 Å². The molecule has 0 saturated heterocycles. The lowest BCUT2D eigenvalue weighted by Crippen LogP contribution is -2.35. The van der Waals surface area contributed by atoms with Crippen LogP contribution < -0.4 is 10.1 Å². The number of hydrogen-bond acceptors (Lipinski definition) is 3. The largest absolute Gasteiger partial charge is 0.439 e. The standard InChI is InChI=1S/C17H21ClN2O/c1-12-7-5-6-8-15(12)21-16-9-13(14(18)11-19-16)10-20-17(2,3)4/h5-9,11,20H,10H2,1-4H3. The van der Waals surface area contributed by atoms with E-state index in [0.29, 0.717) is 17.4 Å². The number of halogens is 1. The Morgan fingerprint density at radius 1 is 1.24 bits per heavy atom. The molecule has 1 aromatic carbocycles. The minimum absolute atomic E-state index is 0.0314. The quantitative estimate of drug-likeness (QED) is 0.887. The molecular weight excluding hydrogens is 284 g/mol. The van der Waals surface area contributed by atoms with Crippen molar-refractivity contribution in [3.63, 3.8) is 0 Å². The number of hydrogen-bond donors (Lipinski definition) is 1. The summed E-state index contributed by atoms with van der Waals surface area (Å²) < 4.78 is 5.84. The highest BCUT2D eigenvalue weighted by atomic mass is 35.5. The molecule has 0 fully saturated rings. The highest BCUT2D eigenvalue weighted by molar-refractivity contribution is 6.31. The third-order valence-electron chi connectivity index (χ3n) is 3.03. The smallest absolute Gasteiger partial charge is 0.219 e. The minimum Gasteiger partial charge on any atom is -0.439 e. The zero-order valence-corrected chi connectivity index (χ0v) is 13.7. The van der Waals surface area contributed by atoms with Gasteiger partial charge in [0.2, 0.25) is 5.88 Å². The maximum Gasteiger partial charge on any atom is 0.219 e. The predicted molar refractivity (Wildman–Crippen MR) is 87.1 cm³/mol. The van der Waals surface area contributed by atoms with E-state index in [9.17, 15) is 0 Å². The van der Waals surface area contributed by atoms with Crippen molar-refractivity contribution in [2.45, 2.75) is 39.8 Å². The third kappa shape index (κ3) is 4.73. The van der Waals surface area contributed by atoms with Crippen molar-refractivity contribution in [1.82, 2.24) is 10.3 Å². The summed E-state index contributed by atoms with van der Waals surface area (Å²) in [5.74, 6) is 1.36. The second-order valence-electron chi connectivity index (χ2n) is 6.09. The van der Waals surface area contributed by atoms with Gasteiger partial charge in [0.25, 0.3) is 0 Å². The molecular formula is C17H21ClN2O. The topological polar surface area (TPSA) is 34.1 Å². The van der Waals surface area contributed by atoms with Crippen LogP contribution in [0.3, 0.4) is 0 Å². The minimum atomic E-state index is 0.0314. The molecule has 1 N–H and O–H groups in total. The van der Waals surface area contributed by atoms with Crippen molar-refractivity contribution in [3.05, 3.63) is 52.7 Å². The van der Waals surface area contributed by atoms with Crippen molar-refractivity contribution in [2.75, 3.05) is 0 Å². The molecule has 1 heterocycles. The van der Waals surface area contributed by atoms with Crippen LogP contribution in [0.4, 0.5) is 0 Å². The van der Waals surface area contributed by atoms with Crippen LogP contribution in [0.2, 0.25) is 5.02 Å². The van der Waals surface area contributed by atoms with E-state index in [1.165, 1.54) is 0 Å². The molecule has 0 spiro atoms. The second-order valence-corrected chi connectivity index (χ2v) is 6.49. The number of nitrogens with zero attached hydrogens (tertiary/aromatic N) is 1. The van der Waals surface area contributed by atoms with E-state index in [0.717, 1.165) is 16.9 Å². The fraction of sp³-hybridized carbons (Fsp3) is 0.353. The molecule has 0 unspecified atom stereocenters. The summed E-state index contributed by atoms with van der Waals surface area (Å²) in [7, 11) is 0. The zero-order chi connectivity index (χ0) is 15.5. The fourth-order valence-corrected chi connectivity index (χ4v) is 1.96. The molecule has 3 nitrogen and oxygen atoms in total. The first-order valence-electron chi connectivity index (χ1n) is 6.98. The van der Waals surface area contributed by atoms with E-state index in [-0.39, 0.29) is 5.54 Å². The van der Waals surface area contributed by atoms with Gasteiger partial charge in [-0.3, -0.25) is 0 Å². The summed E-state index contributed by atoms with van der Waals surface area (Å²) >= 11 is 6.20. The Morgan fingerprint density at radius 3 is 2.62 bits per heavy atom. The Balaban J connectivity index is 2.17. The van der Waals surface area contributed by atoms with Gasteiger partial charge >= 0.3 is 0 Å². The number of pyridine rings is 1. The molecule has 0 saturated carbocycles. The van der Waals surface area contributed by atoms with Crippen molar-refractivity contribution in [2.24, 2.45) is 0 Å². The van der Waals surface area contributed by atoms with Gasteiger partial charge in [-0.1, -0.05) is 29.8 Å². The number of nitrogens with one attached hydrogen (secondary N) is 1. The van der Waals surface area contributed by atoms with Crippen LogP contribution in [0.5, 0.6) is 11.6 Å². The first-order valence-corrected chi connectivity index (χ1v) is 7.36. The van der Waals surface area contributed by atoms with E-state index >= 15 is 0 Å². The summed E-state index contributed by atoms with van der Waals surface area (Å²) in [4.78, 5) is 4.24. The number of para-hydroxylation sites is 1. The third-order valence-corrected chi connectivity index (χ3v) is 3.37. The lowest BCUT2D eigenvalue weighted by atomic mass is 10.1. The Morgan fingerprint density at radius 2 is 1.95 bits per heavy atom. The molecule has 0 aliphatic heterocycles. The van der Waals surface area contributed by atoms with Gasteiger partial charge in [-0.25, -0.2) is 4.98 Å². The van der Waals surface area contributed by atoms with Crippen molar-refractivity contribution >= 4 is 11.6 Å². The van der Waals surface area contributed by atoms with Gasteiger partial charge in [-0.05, 0) is 44.9 Å². The highest BCUT2D eigenvalue weighted by Crippen LogP contribution is 2.26. The Labute approximate surface area is 131 Å². The van der Waals surface area contributed by atoms with Gasteiger partial charge in [0, 0.05) is 24.3 Å². The number of rotatable bonds is 4. The second kappa shape index (κ2) is 6.46. The average molecular weight is 305 g/mol. The number of aryl methyl sites for hydroxylation is 1. The molecule has 1 aromatic heterocycles. The Hall–Kier alpha value is -1.58. The predicted octanol–water partition coefficient (Wildman–Crippen LogP) is 4.72. The summed E-state index contributed by atoms with van der Waals surface area (Å²) in [6.07, 6.45) is 1.63. The average Bonchev–Trinajstić information content (AvgIpc) is 2.41. The van der Waals surface area contributed by atoms with E-state index < -0.39 is 0 Å². The van der Waals surface area contributed by atoms with Crippen molar-refractivity contribution < 1.29 is 4.74 Å². The molecule has 0 atom stereocenters. The number of ether oxygens (including phenoxy) is 1. The van der Waals surface area contributed by atoms with Crippen molar-refractivity contribution in [1.29, 1.82) is 0 Å². The lowest BCUT2D eigenvalue weighted by Gasteiger charge is -2.21. The van der Waals surface area contributed by atoms with Gasteiger partial charge in [-0.2, -0.15) is 0 Å². The van der Waals surface area contributed by atoms with Gasteiger partial charge in [-0.15, -0.1) is 0 Å². The molecule has 2 aromatic rings. The molecule has 0 bridgehead atoms. The molecule has 2 rings (SSSR count). The first kappa shape index (κ1) is 15.8. The lowest BCUT2D eigenvalue weighted by molar-refractivity contribution is 0.421. The van der Waals surface area contributed by atoms with Crippen LogP contribution in [0.25, 0.3) is 0 Å². The molecule has 21 heavy (non-hydrogen) atoms. The van der Waals surface area contributed by atoms with Crippen LogP contribution in [0, 0.1) is 6.92 Å². The van der Waals surface area contributed by atoms with Crippen LogP contribution in [-0.2, 0) is 6.54 Å². The van der Waals surface area contributed by atoms with Gasteiger partial charge in [0.1, 0.15) is 5.75 Å². The monoisotopic (exact) mass is 304 g/mol. The summed E-state index contributed by atoms with van der Waals surface area (Å²) in [6.45, 7) is 9.04. The fourth-order valence-electron chi connectivity index (χ4n) is 1.79. The SMILES string of the molecule is Cc1ccccc1Oc1cc(CNC(C)(C)C)c(Cl)cn1. The summed E-state index contributed by atoms with van der Waals surface area (Å²) in [5, 5.41) is 4.06. The summed E-state index contributed by atoms with van der Waals surface area (Å²) in [6, 6.07) is 9.75. The normalized spacial score (nSPS) is 11.5. The van der Waals surface area contributed by atoms with Gasteiger partial charge in [0.15, 0.2) is 0 Å². The number of aromatic nitrogens is 1. The molecule has 4 heteroatoms. The molecule has 0 aliphatic rings. The van der Waals surface area contributed by atoms with E-state index in [4.69, 9.17) is 16.3 Å². The zero-order valence-electron chi connectivity index (χ0n) is 12.9. The molecule has 0 radical (unpaired) electrons. The molecule has 112 valence electrons. The molecule has 0 amide bonds. The van der Waals surface area contributed by atoms with Gasteiger partial charge in [0.05, 0.1) is 5.02 Å². The Bertz CT molecular complexity index is 620. The van der Waals surface area contributed by atoms with Crippen molar-refractivity contribution in [3.8, 4) is 11.6 Å². The van der Waals surface area contributed by atoms with Crippen LogP contribution in [0.1, 0.15) is 31.9 Å².